The maximum absolute atomic E-state index is 12.2. The highest BCUT2D eigenvalue weighted by molar-refractivity contribution is 5.84. The van der Waals surface area contributed by atoms with Gasteiger partial charge in [0, 0.05) is 19.6 Å². The number of hydrogen-bond acceptors (Lipinski definition) is 5. The Balaban J connectivity index is 1.74. The van der Waals surface area contributed by atoms with Crippen molar-refractivity contribution in [3.05, 3.63) is 11.6 Å². The van der Waals surface area contributed by atoms with E-state index in [0.717, 1.165) is 31.0 Å². The molecule has 2 aliphatic heterocycles. The summed E-state index contributed by atoms with van der Waals surface area (Å²) in [6.45, 7) is 4.55. The lowest BCUT2D eigenvalue weighted by molar-refractivity contribution is -0.149. The van der Waals surface area contributed by atoms with Crippen molar-refractivity contribution in [2.24, 2.45) is 5.41 Å². The van der Waals surface area contributed by atoms with Crippen LogP contribution in [0.1, 0.15) is 30.9 Å². The maximum Gasteiger partial charge on any atom is 0.230 e. The molecule has 3 N–H and O–H groups in total. The quantitative estimate of drug-likeness (QED) is 0.683. The Bertz CT molecular complexity index is 503. The van der Waals surface area contributed by atoms with E-state index in [9.17, 15) is 9.90 Å². The summed E-state index contributed by atoms with van der Waals surface area (Å²) in [5, 5.41) is 20.2. The van der Waals surface area contributed by atoms with Gasteiger partial charge in [-0.2, -0.15) is 5.10 Å². The first-order valence-electron chi connectivity index (χ1n) is 7.17. The van der Waals surface area contributed by atoms with Gasteiger partial charge in [0.05, 0.1) is 18.1 Å². The summed E-state index contributed by atoms with van der Waals surface area (Å²) in [5.74, 6) is 1.53. The average molecular weight is 279 g/mol. The topological polar surface area (TPSA) is 94.1 Å². The van der Waals surface area contributed by atoms with Gasteiger partial charge in [0.2, 0.25) is 5.91 Å². The summed E-state index contributed by atoms with van der Waals surface area (Å²) in [4.78, 5) is 18.7. The number of H-pyrrole nitrogens is 1. The monoisotopic (exact) mass is 279 g/mol. The van der Waals surface area contributed by atoms with E-state index < -0.39 is 11.5 Å². The molecule has 7 nitrogen and oxygen atoms in total. The number of aromatic amines is 1. The molecule has 2 atom stereocenters. The summed E-state index contributed by atoms with van der Waals surface area (Å²) in [6, 6.07) is 0. The van der Waals surface area contributed by atoms with Gasteiger partial charge in [0.1, 0.15) is 5.82 Å². The number of likely N-dealkylation sites (tertiary alicyclic amines) is 1. The Morgan fingerprint density at radius 2 is 2.40 bits per heavy atom. The van der Waals surface area contributed by atoms with Gasteiger partial charge in [0.25, 0.3) is 0 Å². The summed E-state index contributed by atoms with van der Waals surface area (Å²) in [7, 11) is 0. The van der Waals surface area contributed by atoms with Crippen molar-refractivity contribution < 1.29 is 9.90 Å². The smallest absolute Gasteiger partial charge is 0.230 e. The average Bonchev–Trinajstić information content (AvgIpc) is 2.83. The molecule has 1 amide bonds. The molecule has 0 saturated carbocycles. The van der Waals surface area contributed by atoms with Crippen molar-refractivity contribution >= 4 is 5.91 Å². The summed E-state index contributed by atoms with van der Waals surface area (Å²) < 4.78 is 0. The fourth-order valence-corrected chi connectivity index (χ4v) is 3.32. The Labute approximate surface area is 117 Å². The minimum absolute atomic E-state index is 0.00730. The molecule has 0 radical (unpaired) electrons. The Morgan fingerprint density at radius 1 is 1.55 bits per heavy atom. The number of piperidine rings is 2. The summed E-state index contributed by atoms with van der Waals surface area (Å²) in [6.07, 6.45) is 1.75. The number of rotatable bonds is 2. The van der Waals surface area contributed by atoms with E-state index in [1.54, 1.807) is 0 Å². The molecule has 3 rings (SSSR count). The molecule has 1 aromatic heterocycles. The predicted molar refractivity (Wildman–Crippen MR) is 71.7 cm³/mol. The molecule has 20 heavy (non-hydrogen) atoms. The Hall–Kier alpha value is -1.47. The molecule has 3 heterocycles. The van der Waals surface area contributed by atoms with Crippen molar-refractivity contribution in [2.75, 3.05) is 19.6 Å². The molecule has 0 aromatic carbocycles. The molecule has 0 aliphatic carbocycles. The van der Waals surface area contributed by atoms with Gasteiger partial charge < -0.3 is 10.4 Å². The number of carbonyl (C=O) groups is 1. The van der Waals surface area contributed by atoms with Gasteiger partial charge in [-0.15, -0.1) is 0 Å². The van der Waals surface area contributed by atoms with Gasteiger partial charge in [0.15, 0.2) is 5.82 Å². The number of amides is 1. The molecular weight excluding hydrogens is 258 g/mol. The second kappa shape index (κ2) is 5.14. The molecule has 110 valence electrons. The molecule has 1 spiro atoms. The highest BCUT2D eigenvalue weighted by Crippen LogP contribution is 2.37. The van der Waals surface area contributed by atoms with Crippen molar-refractivity contribution in [2.45, 2.75) is 38.8 Å². The number of aliphatic hydroxyl groups is 1. The van der Waals surface area contributed by atoms with Crippen LogP contribution in [0.25, 0.3) is 0 Å². The molecule has 0 bridgehead atoms. The first kappa shape index (κ1) is 13.5. The number of carbonyl (C=O) groups excluding carboxylic acids is 1. The van der Waals surface area contributed by atoms with Crippen LogP contribution in [0.5, 0.6) is 0 Å². The number of aliphatic hydroxyl groups excluding tert-OH is 1. The van der Waals surface area contributed by atoms with Crippen LogP contribution in [-0.2, 0) is 11.3 Å². The number of nitrogens with zero attached hydrogens (tertiary/aromatic N) is 3. The van der Waals surface area contributed by atoms with Crippen molar-refractivity contribution in [3.63, 3.8) is 0 Å². The number of aromatic nitrogens is 3. The summed E-state index contributed by atoms with van der Waals surface area (Å²) >= 11 is 0. The zero-order valence-electron chi connectivity index (χ0n) is 11.7. The van der Waals surface area contributed by atoms with Crippen LogP contribution < -0.4 is 5.32 Å². The van der Waals surface area contributed by atoms with E-state index >= 15 is 0 Å². The third-order valence-electron chi connectivity index (χ3n) is 4.41. The zero-order valence-corrected chi connectivity index (χ0v) is 11.7. The minimum atomic E-state index is -0.651. The van der Waals surface area contributed by atoms with E-state index in [-0.39, 0.29) is 5.91 Å². The Kier molecular flexibility index (Phi) is 3.47. The number of aryl methyl sites for hydroxylation is 1. The maximum atomic E-state index is 12.2. The third kappa shape index (κ3) is 2.31. The lowest BCUT2D eigenvalue weighted by Crippen LogP contribution is -2.61. The second-order valence-corrected chi connectivity index (χ2v) is 5.87. The lowest BCUT2D eigenvalue weighted by Gasteiger charge is -2.46. The van der Waals surface area contributed by atoms with Gasteiger partial charge >= 0.3 is 0 Å². The molecule has 7 heteroatoms. The SMILES string of the molecule is Cc1nc(CN2CC[C@@H](O)[C@@]3(CCCNC3=O)C2)n[nH]1. The molecular formula is C13H21N5O2. The minimum Gasteiger partial charge on any atom is -0.392 e. The van der Waals surface area contributed by atoms with Crippen LogP contribution in [0.3, 0.4) is 0 Å². The van der Waals surface area contributed by atoms with Crippen LogP contribution in [0.15, 0.2) is 0 Å². The lowest BCUT2D eigenvalue weighted by atomic mass is 9.71. The van der Waals surface area contributed by atoms with E-state index in [4.69, 9.17) is 0 Å². The van der Waals surface area contributed by atoms with Gasteiger partial charge in [-0.3, -0.25) is 14.8 Å². The highest BCUT2D eigenvalue weighted by Gasteiger charge is 2.49. The molecule has 0 unspecified atom stereocenters. The third-order valence-corrected chi connectivity index (χ3v) is 4.41. The first-order chi connectivity index (χ1) is 9.60. The fourth-order valence-electron chi connectivity index (χ4n) is 3.32. The van der Waals surface area contributed by atoms with Gasteiger partial charge in [-0.25, -0.2) is 4.98 Å². The zero-order chi connectivity index (χ0) is 14.2. The van der Waals surface area contributed by atoms with Crippen molar-refractivity contribution in [3.8, 4) is 0 Å². The van der Waals surface area contributed by atoms with E-state index in [1.165, 1.54) is 0 Å². The number of nitrogens with one attached hydrogen (secondary N) is 2. The Morgan fingerprint density at radius 3 is 3.10 bits per heavy atom. The van der Waals surface area contributed by atoms with Gasteiger partial charge in [-0.1, -0.05) is 0 Å². The molecule has 2 aliphatic rings. The molecule has 2 saturated heterocycles. The van der Waals surface area contributed by atoms with Crippen LogP contribution in [0.2, 0.25) is 0 Å². The van der Waals surface area contributed by atoms with E-state index in [0.29, 0.717) is 26.1 Å². The van der Waals surface area contributed by atoms with Crippen molar-refractivity contribution in [1.82, 2.24) is 25.4 Å². The predicted octanol–water partition coefficient (Wildman–Crippen LogP) is -0.424. The van der Waals surface area contributed by atoms with E-state index in [1.807, 2.05) is 6.92 Å². The summed E-state index contributed by atoms with van der Waals surface area (Å²) in [5.41, 5.74) is -0.651. The largest absolute Gasteiger partial charge is 0.392 e. The second-order valence-electron chi connectivity index (χ2n) is 5.87. The molecule has 1 aromatic rings. The van der Waals surface area contributed by atoms with Crippen LogP contribution >= 0.6 is 0 Å². The highest BCUT2D eigenvalue weighted by atomic mass is 16.3. The number of hydrogen-bond donors (Lipinski definition) is 3. The van der Waals surface area contributed by atoms with Crippen LogP contribution in [-0.4, -0.2) is 56.8 Å². The van der Waals surface area contributed by atoms with Gasteiger partial charge in [-0.05, 0) is 26.2 Å². The normalized spacial score (nSPS) is 31.5. The first-order valence-corrected chi connectivity index (χ1v) is 7.17. The van der Waals surface area contributed by atoms with Crippen molar-refractivity contribution in [1.29, 1.82) is 0 Å². The standard InChI is InChI=1S/C13H21N5O2/c1-9-15-11(17-16-9)7-18-6-3-10(19)13(8-18)4-2-5-14-12(13)20/h10,19H,2-8H2,1H3,(H,14,20)(H,15,16,17)/t10-,13-/m1/s1. The molecule has 2 fully saturated rings. The van der Waals surface area contributed by atoms with Crippen LogP contribution in [0, 0.1) is 12.3 Å². The van der Waals surface area contributed by atoms with E-state index in [2.05, 4.69) is 25.4 Å². The fraction of sp³-hybridized carbons (Fsp3) is 0.769. The van der Waals surface area contributed by atoms with Crippen LogP contribution in [0.4, 0.5) is 0 Å².